The van der Waals surface area contributed by atoms with E-state index in [9.17, 15) is 45.2 Å². The van der Waals surface area contributed by atoms with E-state index >= 15 is 0 Å². The number of hydrogen-bond acceptors (Lipinski definition) is 13. The highest BCUT2D eigenvalue weighted by Gasteiger charge is 2.52. The normalized spacial score (nSPS) is 51.2. The van der Waals surface area contributed by atoms with Gasteiger partial charge in [-0.15, -0.1) is 0 Å². The fourth-order valence-electron chi connectivity index (χ4n) is 3.93. The number of β-amino-alcohol motifs (C(OH)–C–C–N with tert-alkyl or cyclic N) is 1. The summed E-state index contributed by atoms with van der Waals surface area (Å²) in [5, 5.41) is 82.5. The number of aliphatic hydroxyl groups is 8. The number of alkyl halides is 1. The average Bonchev–Trinajstić information content (AvgIpc) is 3.12. The van der Waals surface area contributed by atoms with Gasteiger partial charge in [-0.25, -0.2) is 4.39 Å². The van der Waals surface area contributed by atoms with Gasteiger partial charge < -0.3 is 65.1 Å². The van der Waals surface area contributed by atoms with Gasteiger partial charge in [-0.3, -0.25) is 0 Å². The van der Waals surface area contributed by atoms with Gasteiger partial charge >= 0.3 is 0 Å². The van der Waals surface area contributed by atoms with Gasteiger partial charge in [0.05, 0.1) is 25.4 Å². The third-order valence-corrected chi connectivity index (χ3v) is 5.79. The molecular weight excluding hydrogens is 429 g/mol. The Balaban J connectivity index is 1.69. The van der Waals surface area contributed by atoms with Crippen molar-refractivity contribution in [3.8, 4) is 0 Å². The Hall–Kier alpha value is -0.590. The molecule has 13 atom stereocenters. The van der Waals surface area contributed by atoms with E-state index in [0.29, 0.717) is 0 Å². The second-order valence-electron chi connectivity index (χ2n) is 7.84. The third kappa shape index (κ3) is 5.01. The van der Waals surface area contributed by atoms with Crippen LogP contribution < -0.4 is 5.32 Å². The minimum atomic E-state index is -1.82. The number of halogens is 1. The van der Waals surface area contributed by atoms with Crippen LogP contribution in [-0.4, -0.2) is 147 Å². The smallest absolute Gasteiger partial charge is 0.187 e. The number of ether oxygens (including phenoxy) is 4. The SMILES string of the molecule is OC[C@H]1NC[C@@H](O)[C@@H]1OC1O[C@H](CO)[C@@H](O[C@@H]2O[C@H](CF)[C@@H](O)[C@H](O)[C@H]2O)[C@H](O)[C@H]1O. The monoisotopic (exact) mass is 459 g/mol. The zero-order valence-corrected chi connectivity index (χ0v) is 16.4. The molecule has 3 rings (SSSR count). The van der Waals surface area contributed by atoms with Gasteiger partial charge in [-0.1, -0.05) is 0 Å². The molecule has 0 amide bonds. The summed E-state index contributed by atoms with van der Waals surface area (Å²) in [5.74, 6) is 0. The van der Waals surface area contributed by atoms with E-state index in [-0.39, 0.29) is 13.2 Å². The van der Waals surface area contributed by atoms with Crippen LogP contribution in [0.4, 0.5) is 4.39 Å². The van der Waals surface area contributed by atoms with Crippen LogP contribution in [0.5, 0.6) is 0 Å². The van der Waals surface area contributed by atoms with Crippen molar-refractivity contribution in [3.63, 3.8) is 0 Å². The summed E-state index contributed by atoms with van der Waals surface area (Å²) in [6.45, 7) is -2.18. The summed E-state index contributed by atoms with van der Waals surface area (Å²) in [6, 6.07) is -0.652. The number of aliphatic hydroxyl groups excluding tert-OH is 8. The Morgan fingerprint density at radius 2 is 1.32 bits per heavy atom. The lowest BCUT2D eigenvalue weighted by Gasteiger charge is -2.46. The zero-order valence-electron chi connectivity index (χ0n) is 16.4. The first-order valence-electron chi connectivity index (χ1n) is 9.94. The summed E-state index contributed by atoms with van der Waals surface area (Å²) >= 11 is 0. The minimum Gasteiger partial charge on any atom is -0.395 e. The molecule has 0 spiro atoms. The highest BCUT2D eigenvalue weighted by atomic mass is 19.1. The first-order valence-corrected chi connectivity index (χ1v) is 9.94. The molecule has 3 aliphatic heterocycles. The lowest BCUT2D eigenvalue weighted by atomic mass is 9.97. The van der Waals surface area contributed by atoms with Gasteiger partial charge in [0.1, 0.15) is 61.6 Å². The van der Waals surface area contributed by atoms with Crippen LogP contribution in [0.15, 0.2) is 0 Å². The fraction of sp³-hybridized carbons (Fsp3) is 1.00. The molecule has 9 N–H and O–H groups in total. The van der Waals surface area contributed by atoms with E-state index in [2.05, 4.69) is 5.32 Å². The molecule has 0 aromatic heterocycles. The van der Waals surface area contributed by atoms with E-state index < -0.39 is 92.9 Å². The number of rotatable bonds is 7. The Labute approximate surface area is 176 Å². The van der Waals surface area contributed by atoms with Crippen LogP contribution in [0, 0.1) is 0 Å². The van der Waals surface area contributed by atoms with Crippen LogP contribution in [0.1, 0.15) is 0 Å². The largest absolute Gasteiger partial charge is 0.395 e. The molecule has 0 aromatic rings. The van der Waals surface area contributed by atoms with E-state index in [0.717, 1.165) is 0 Å². The van der Waals surface area contributed by atoms with Gasteiger partial charge in [0.25, 0.3) is 0 Å². The predicted molar refractivity (Wildman–Crippen MR) is 95.0 cm³/mol. The Morgan fingerprint density at radius 1 is 0.742 bits per heavy atom. The quantitative estimate of drug-likeness (QED) is 0.174. The molecule has 31 heavy (non-hydrogen) atoms. The molecule has 3 aliphatic rings. The lowest BCUT2D eigenvalue weighted by Crippen LogP contribution is -2.65. The molecule has 14 heteroatoms. The lowest BCUT2D eigenvalue weighted by molar-refractivity contribution is -0.363. The van der Waals surface area contributed by atoms with Crippen molar-refractivity contribution in [1.82, 2.24) is 5.32 Å². The number of hydrogen-bond donors (Lipinski definition) is 9. The number of nitrogens with one attached hydrogen (secondary N) is 1. The van der Waals surface area contributed by atoms with Crippen LogP contribution in [0.3, 0.4) is 0 Å². The highest BCUT2D eigenvalue weighted by molar-refractivity contribution is 4.96. The van der Waals surface area contributed by atoms with Crippen molar-refractivity contribution in [2.24, 2.45) is 0 Å². The molecule has 182 valence electrons. The molecule has 0 aliphatic carbocycles. The van der Waals surface area contributed by atoms with E-state index in [4.69, 9.17) is 18.9 Å². The summed E-state index contributed by atoms with van der Waals surface area (Å²) in [4.78, 5) is 0. The average molecular weight is 459 g/mol. The highest BCUT2D eigenvalue weighted by Crippen LogP contribution is 2.30. The van der Waals surface area contributed by atoms with Gasteiger partial charge in [-0.05, 0) is 0 Å². The molecule has 3 saturated heterocycles. The second-order valence-corrected chi connectivity index (χ2v) is 7.84. The molecule has 0 saturated carbocycles. The fourth-order valence-corrected chi connectivity index (χ4v) is 3.93. The molecule has 0 radical (unpaired) electrons. The van der Waals surface area contributed by atoms with E-state index in [1.54, 1.807) is 0 Å². The predicted octanol–water partition coefficient (Wildman–Crippen LogP) is -5.70. The van der Waals surface area contributed by atoms with Crippen molar-refractivity contribution < 1.29 is 64.2 Å². The van der Waals surface area contributed by atoms with Gasteiger partial charge in [0.15, 0.2) is 12.6 Å². The minimum absolute atomic E-state index is 0.122. The van der Waals surface area contributed by atoms with E-state index in [1.807, 2.05) is 0 Å². The van der Waals surface area contributed by atoms with Crippen molar-refractivity contribution in [3.05, 3.63) is 0 Å². The van der Waals surface area contributed by atoms with Crippen LogP contribution in [0.2, 0.25) is 0 Å². The summed E-state index contributed by atoms with van der Waals surface area (Å²) in [7, 11) is 0. The van der Waals surface area contributed by atoms with Gasteiger partial charge in [0.2, 0.25) is 0 Å². The third-order valence-electron chi connectivity index (χ3n) is 5.79. The maximum atomic E-state index is 13.1. The van der Waals surface area contributed by atoms with Crippen molar-refractivity contribution in [1.29, 1.82) is 0 Å². The van der Waals surface area contributed by atoms with Crippen molar-refractivity contribution >= 4 is 0 Å². The molecule has 0 bridgehead atoms. The second kappa shape index (κ2) is 10.6. The topological polar surface area (TPSA) is 211 Å². The molecule has 13 nitrogen and oxygen atoms in total. The molecular formula is C17H30FNO12. The Bertz CT molecular complexity index is 573. The van der Waals surface area contributed by atoms with Gasteiger partial charge in [-0.2, -0.15) is 0 Å². The van der Waals surface area contributed by atoms with Crippen molar-refractivity contribution in [2.45, 2.75) is 79.7 Å². The molecule has 0 aromatic carbocycles. The molecule has 3 heterocycles. The molecule has 3 fully saturated rings. The summed E-state index contributed by atoms with van der Waals surface area (Å²) in [5.41, 5.74) is 0. The molecule has 1 unspecified atom stereocenters. The van der Waals surface area contributed by atoms with Crippen LogP contribution in [0.25, 0.3) is 0 Å². The van der Waals surface area contributed by atoms with Crippen LogP contribution >= 0.6 is 0 Å². The standard InChI is InChI=1S/C17H30FNO12/c18-1-7-9(23)10(24)12(26)16(28-7)31-15-8(4-21)29-17(13(27)11(15)25)30-14-5(3-20)19-2-6(14)22/h5-17,19-27H,1-4H2/t5-,6-,7-,8-,9-,10+,11-,12-,13-,14-,15-,16+,17?/m1/s1. The summed E-state index contributed by atoms with van der Waals surface area (Å²) < 4.78 is 34.5. The first kappa shape index (κ1) is 25.0. The zero-order chi connectivity index (χ0) is 22.9. The van der Waals surface area contributed by atoms with Crippen molar-refractivity contribution in [2.75, 3.05) is 26.4 Å². The Morgan fingerprint density at radius 3 is 1.90 bits per heavy atom. The maximum absolute atomic E-state index is 13.1. The maximum Gasteiger partial charge on any atom is 0.187 e. The summed E-state index contributed by atoms with van der Waals surface area (Å²) in [6.07, 6.45) is -18.4. The first-order chi connectivity index (χ1) is 14.7. The van der Waals surface area contributed by atoms with Gasteiger partial charge in [0, 0.05) is 6.54 Å². The van der Waals surface area contributed by atoms with Crippen LogP contribution in [-0.2, 0) is 18.9 Å². The Kier molecular flexibility index (Phi) is 8.53. The van der Waals surface area contributed by atoms with E-state index in [1.165, 1.54) is 0 Å².